The molecular formula is C22H26O4. The van der Waals surface area contributed by atoms with Crippen LogP contribution in [0, 0.1) is 0 Å². The van der Waals surface area contributed by atoms with Crippen molar-refractivity contribution in [3.05, 3.63) is 111 Å². The SMILES string of the molecule is C=C.C=C.C=C.O=C(OCCOC(=O)c1ccccc1)c1ccccc1. The van der Waals surface area contributed by atoms with Gasteiger partial charge in [0.05, 0.1) is 11.1 Å². The summed E-state index contributed by atoms with van der Waals surface area (Å²) in [6, 6.07) is 17.3. The van der Waals surface area contributed by atoms with E-state index in [0.717, 1.165) is 0 Å². The second-order valence-electron chi connectivity index (χ2n) is 4.00. The van der Waals surface area contributed by atoms with Crippen LogP contribution in [0.25, 0.3) is 0 Å². The molecule has 138 valence electrons. The first-order chi connectivity index (χ1) is 12.8. The van der Waals surface area contributed by atoms with Gasteiger partial charge in [-0.2, -0.15) is 0 Å². The third-order valence-corrected chi connectivity index (χ3v) is 2.57. The molecule has 0 aliphatic heterocycles. The van der Waals surface area contributed by atoms with Crippen molar-refractivity contribution in [2.24, 2.45) is 0 Å². The topological polar surface area (TPSA) is 52.6 Å². The Morgan fingerprint density at radius 2 is 0.846 bits per heavy atom. The van der Waals surface area contributed by atoms with Gasteiger partial charge < -0.3 is 9.47 Å². The Morgan fingerprint density at radius 3 is 1.12 bits per heavy atom. The quantitative estimate of drug-likeness (QED) is 0.425. The van der Waals surface area contributed by atoms with Crippen LogP contribution >= 0.6 is 0 Å². The lowest BCUT2D eigenvalue weighted by Gasteiger charge is -2.06. The van der Waals surface area contributed by atoms with E-state index in [9.17, 15) is 9.59 Å². The maximum absolute atomic E-state index is 11.6. The van der Waals surface area contributed by atoms with E-state index in [-0.39, 0.29) is 13.2 Å². The summed E-state index contributed by atoms with van der Waals surface area (Å²) in [7, 11) is 0. The highest BCUT2D eigenvalue weighted by Crippen LogP contribution is 2.02. The zero-order valence-electron chi connectivity index (χ0n) is 15.1. The Labute approximate surface area is 156 Å². The van der Waals surface area contributed by atoms with E-state index in [4.69, 9.17) is 9.47 Å². The maximum Gasteiger partial charge on any atom is 0.338 e. The van der Waals surface area contributed by atoms with Gasteiger partial charge in [-0.3, -0.25) is 0 Å². The molecule has 4 nitrogen and oxygen atoms in total. The summed E-state index contributed by atoms with van der Waals surface area (Å²) in [4.78, 5) is 23.2. The molecule has 2 aromatic rings. The monoisotopic (exact) mass is 354 g/mol. The van der Waals surface area contributed by atoms with Crippen molar-refractivity contribution >= 4 is 11.9 Å². The van der Waals surface area contributed by atoms with Crippen molar-refractivity contribution in [3.8, 4) is 0 Å². The first-order valence-corrected chi connectivity index (χ1v) is 7.72. The van der Waals surface area contributed by atoms with Gasteiger partial charge in [-0.25, -0.2) is 9.59 Å². The zero-order valence-corrected chi connectivity index (χ0v) is 15.1. The molecule has 0 amide bonds. The molecule has 2 rings (SSSR count). The number of hydrogen-bond donors (Lipinski definition) is 0. The van der Waals surface area contributed by atoms with Crippen molar-refractivity contribution in [3.63, 3.8) is 0 Å². The number of carbonyl (C=O) groups excluding carboxylic acids is 2. The van der Waals surface area contributed by atoms with Gasteiger partial charge in [-0.05, 0) is 24.3 Å². The molecule has 0 heterocycles. The van der Waals surface area contributed by atoms with Crippen LogP contribution in [0.3, 0.4) is 0 Å². The average Bonchev–Trinajstić information content (AvgIpc) is 2.76. The molecule has 4 heteroatoms. The Morgan fingerprint density at radius 1 is 0.577 bits per heavy atom. The first kappa shape index (κ1) is 24.8. The second kappa shape index (κ2) is 17.9. The molecule has 0 aromatic heterocycles. The summed E-state index contributed by atoms with van der Waals surface area (Å²) in [6.45, 7) is 18.1. The summed E-state index contributed by atoms with van der Waals surface area (Å²) in [6.07, 6.45) is 0. The molecule has 0 bridgehead atoms. The van der Waals surface area contributed by atoms with Gasteiger partial charge in [0.15, 0.2) is 0 Å². The Hall–Kier alpha value is -3.40. The Balaban J connectivity index is 0. The fourth-order valence-corrected chi connectivity index (χ4v) is 1.58. The smallest absolute Gasteiger partial charge is 0.338 e. The van der Waals surface area contributed by atoms with Gasteiger partial charge in [-0.15, -0.1) is 39.5 Å². The number of carbonyl (C=O) groups is 2. The van der Waals surface area contributed by atoms with Crippen LogP contribution in [0.4, 0.5) is 0 Å². The van der Waals surface area contributed by atoms with E-state index in [1.165, 1.54) is 0 Å². The molecule has 0 saturated carbocycles. The number of esters is 2. The van der Waals surface area contributed by atoms with Crippen LogP contribution in [0.1, 0.15) is 20.7 Å². The number of rotatable bonds is 5. The van der Waals surface area contributed by atoms with Crippen LogP contribution in [-0.2, 0) is 9.47 Å². The van der Waals surface area contributed by atoms with Gasteiger partial charge in [0, 0.05) is 0 Å². The largest absolute Gasteiger partial charge is 0.458 e. The standard InChI is InChI=1S/C16H14O4.3C2H4/c17-15(13-7-3-1-4-8-13)19-11-12-20-16(18)14-9-5-2-6-10-14;3*1-2/h1-10H,11-12H2;3*1-2H2. The third-order valence-electron chi connectivity index (χ3n) is 2.57. The van der Waals surface area contributed by atoms with Crippen molar-refractivity contribution in [2.45, 2.75) is 0 Å². The summed E-state index contributed by atoms with van der Waals surface area (Å²) in [5.41, 5.74) is 0.948. The third kappa shape index (κ3) is 10.4. The van der Waals surface area contributed by atoms with E-state index < -0.39 is 11.9 Å². The minimum absolute atomic E-state index is 0.0340. The lowest BCUT2D eigenvalue weighted by atomic mass is 10.2. The Bertz CT molecular complexity index is 550. The van der Waals surface area contributed by atoms with Crippen molar-refractivity contribution in [1.82, 2.24) is 0 Å². The maximum atomic E-state index is 11.6. The molecule has 0 saturated heterocycles. The van der Waals surface area contributed by atoms with Crippen LogP contribution < -0.4 is 0 Å². The van der Waals surface area contributed by atoms with E-state index in [0.29, 0.717) is 11.1 Å². The molecule has 0 atom stereocenters. The van der Waals surface area contributed by atoms with E-state index in [1.807, 2.05) is 12.1 Å². The molecule has 0 aliphatic carbocycles. The molecule has 0 spiro atoms. The molecule has 0 fully saturated rings. The highest BCUT2D eigenvalue weighted by molar-refractivity contribution is 5.90. The summed E-state index contributed by atoms with van der Waals surface area (Å²) in [5, 5.41) is 0. The minimum Gasteiger partial charge on any atom is -0.458 e. The lowest BCUT2D eigenvalue weighted by Crippen LogP contribution is -2.14. The molecule has 0 radical (unpaired) electrons. The van der Waals surface area contributed by atoms with Gasteiger partial charge in [0.2, 0.25) is 0 Å². The summed E-state index contributed by atoms with van der Waals surface area (Å²) in [5.74, 6) is -0.859. The molecule has 26 heavy (non-hydrogen) atoms. The number of ether oxygens (including phenoxy) is 2. The predicted octanol–water partition coefficient (Wildman–Crippen LogP) is 5.11. The molecule has 0 unspecified atom stereocenters. The minimum atomic E-state index is -0.429. The predicted molar refractivity (Wildman–Crippen MR) is 107 cm³/mol. The van der Waals surface area contributed by atoms with Gasteiger partial charge >= 0.3 is 11.9 Å². The van der Waals surface area contributed by atoms with Crippen molar-refractivity contribution in [1.29, 1.82) is 0 Å². The van der Waals surface area contributed by atoms with Crippen molar-refractivity contribution in [2.75, 3.05) is 13.2 Å². The van der Waals surface area contributed by atoms with Crippen molar-refractivity contribution < 1.29 is 19.1 Å². The van der Waals surface area contributed by atoms with Crippen LogP contribution in [-0.4, -0.2) is 25.2 Å². The summed E-state index contributed by atoms with van der Waals surface area (Å²) >= 11 is 0. The highest BCUT2D eigenvalue weighted by Gasteiger charge is 2.08. The fraction of sp³-hybridized carbons (Fsp3) is 0.0909. The molecule has 2 aromatic carbocycles. The number of hydrogen-bond acceptors (Lipinski definition) is 4. The van der Waals surface area contributed by atoms with E-state index in [2.05, 4.69) is 39.5 Å². The normalized spacial score (nSPS) is 8.00. The lowest BCUT2D eigenvalue weighted by molar-refractivity contribution is 0.0265. The van der Waals surface area contributed by atoms with Crippen LogP contribution in [0.15, 0.2) is 100 Å². The first-order valence-electron chi connectivity index (χ1n) is 7.72. The number of benzene rings is 2. The summed E-state index contributed by atoms with van der Waals surface area (Å²) < 4.78 is 10.00. The fourth-order valence-electron chi connectivity index (χ4n) is 1.58. The molecule has 0 aliphatic rings. The Kier molecular flexibility index (Phi) is 17.2. The highest BCUT2D eigenvalue weighted by atomic mass is 16.6. The van der Waals surface area contributed by atoms with Crippen LogP contribution in [0.5, 0.6) is 0 Å². The second-order valence-corrected chi connectivity index (χ2v) is 4.00. The average molecular weight is 354 g/mol. The van der Waals surface area contributed by atoms with Crippen LogP contribution in [0.2, 0.25) is 0 Å². The van der Waals surface area contributed by atoms with E-state index in [1.54, 1.807) is 48.5 Å². The van der Waals surface area contributed by atoms with E-state index >= 15 is 0 Å². The molecule has 0 N–H and O–H groups in total. The van der Waals surface area contributed by atoms with Gasteiger partial charge in [0.25, 0.3) is 0 Å². The van der Waals surface area contributed by atoms with Gasteiger partial charge in [-0.1, -0.05) is 36.4 Å². The van der Waals surface area contributed by atoms with Gasteiger partial charge in [0.1, 0.15) is 13.2 Å². The molecular weight excluding hydrogens is 328 g/mol. The zero-order chi connectivity index (χ0) is 20.2.